The number of hydrogen-bond donors (Lipinski definition) is 1. The minimum absolute atomic E-state index is 0.136. The number of rotatable bonds is 4. The molecule has 0 aliphatic heterocycles. The molecule has 1 amide bonds. The number of carbonyl (C=O) groups excluding carboxylic acids is 1. The Morgan fingerprint density at radius 3 is 2.19 bits per heavy atom. The summed E-state index contributed by atoms with van der Waals surface area (Å²) in [4.78, 5) is 17.7. The molecular formula is C26H26N4O. The van der Waals surface area contributed by atoms with Gasteiger partial charge >= 0.3 is 0 Å². The van der Waals surface area contributed by atoms with E-state index in [1.54, 1.807) is 4.68 Å². The number of carbonyl (C=O) groups is 1. The van der Waals surface area contributed by atoms with Crippen LogP contribution in [-0.2, 0) is 0 Å². The van der Waals surface area contributed by atoms with Crippen LogP contribution in [-0.4, -0.2) is 20.7 Å². The number of amides is 1. The van der Waals surface area contributed by atoms with Crippen LogP contribution >= 0.6 is 0 Å². The van der Waals surface area contributed by atoms with E-state index in [1.807, 2.05) is 63.2 Å². The third-order valence-electron chi connectivity index (χ3n) is 5.54. The highest BCUT2D eigenvalue weighted by atomic mass is 16.2. The van der Waals surface area contributed by atoms with Crippen LogP contribution in [0.2, 0.25) is 0 Å². The van der Waals surface area contributed by atoms with Crippen LogP contribution in [0.5, 0.6) is 0 Å². The lowest BCUT2D eigenvalue weighted by Gasteiger charge is -2.09. The average Bonchev–Trinajstić information content (AvgIpc) is 3.18. The van der Waals surface area contributed by atoms with Crippen molar-refractivity contribution in [3.63, 3.8) is 0 Å². The number of aryl methyl sites for hydroxylation is 5. The summed E-state index contributed by atoms with van der Waals surface area (Å²) >= 11 is 0. The van der Waals surface area contributed by atoms with Gasteiger partial charge in [-0.2, -0.15) is 0 Å². The topological polar surface area (TPSA) is 59.8 Å². The predicted molar refractivity (Wildman–Crippen MR) is 125 cm³/mol. The number of para-hydroxylation sites is 1. The molecule has 0 atom stereocenters. The fourth-order valence-corrected chi connectivity index (χ4v) is 3.60. The van der Waals surface area contributed by atoms with Crippen molar-refractivity contribution < 1.29 is 4.79 Å². The van der Waals surface area contributed by atoms with Crippen LogP contribution in [0.4, 0.5) is 5.69 Å². The summed E-state index contributed by atoms with van der Waals surface area (Å²) in [5.74, 6) is 0.449. The van der Waals surface area contributed by atoms with Gasteiger partial charge in [-0.05, 0) is 75.1 Å². The molecule has 0 unspecified atom stereocenters. The smallest absolute Gasteiger partial charge is 0.295 e. The molecule has 0 aliphatic carbocycles. The lowest BCUT2D eigenvalue weighted by Crippen LogP contribution is -2.16. The van der Waals surface area contributed by atoms with Gasteiger partial charge in [-0.3, -0.25) is 4.79 Å². The fourth-order valence-electron chi connectivity index (χ4n) is 3.60. The number of hydrogen-bond acceptors (Lipinski definition) is 3. The summed E-state index contributed by atoms with van der Waals surface area (Å²) < 4.78 is 1.75. The van der Waals surface area contributed by atoms with E-state index in [0.717, 1.165) is 39.2 Å². The maximum atomic E-state index is 13.1. The number of nitrogens with one attached hydrogen (secondary N) is 1. The molecule has 0 bridgehead atoms. The Morgan fingerprint density at radius 2 is 1.52 bits per heavy atom. The zero-order chi connectivity index (χ0) is 22.1. The van der Waals surface area contributed by atoms with Gasteiger partial charge < -0.3 is 5.32 Å². The number of anilines is 1. The Bertz CT molecular complexity index is 1270. The van der Waals surface area contributed by atoms with Gasteiger partial charge in [0.25, 0.3) is 5.91 Å². The predicted octanol–water partition coefficient (Wildman–Crippen LogP) is 5.73. The minimum atomic E-state index is -0.325. The van der Waals surface area contributed by atoms with Gasteiger partial charge in [-0.25, -0.2) is 9.67 Å². The second kappa shape index (κ2) is 8.19. The second-order valence-corrected chi connectivity index (χ2v) is 8.03. The minimum Gasteiger partial charge on any atom is -0.319 e. The summed E-state index contributed by atoms with van der Waals surface area (Å²) in [7, 11) is 0. The van der Waals surface area contributed by atoms with E-state index in [2.05, 4.69) is 47.4 Å². The molecule has 0 radical (unpaired) electrons. The van der Waals surface area contributed by atoms with Crippen molar-refractivity contribution in [1.29, 1.82) is 0 Å². The average molecular weight is 411 g/mol. The molecule has 1 N–H and O–H groups in total. The molecule has 31 heavy (non-hydrogen) atoms. The summed E-state index contributed by atoms with van der Waals surface area (Å²) in [6.45, 7) is 10.1. The van der Waals surface area contributed by atoms with Crippen molar-refractivity contribution in [3.8, 4) is 17.1 Å². The lowest BCUT2D eigenvalue weighted by molar-refractivity contribution is 0.101. The van der Waals surface area contributed by atoms with Crippen molar-refractivity contribution >= 4 is 11.6 Å². The monoisotopic (exact) mass is 410 g/mol. The molecule has 1 aromatic heterocycles. The van der Waals surface area contributed by atoms with Crippen LogP contribution in [0.3, 0.4) is 0 Å². The third kappa shape index (κ3) is 4.12. The molecule has 4 aromatic rings. The van der Waals surface area contributed by atoms with Crippen molar-refractivity contribution in [2.24, 2.45) is 0 Å². The maximum absolute atomic E-state index is 13.1. The first-order chi connectivity index (χ1) is 14.8. The first-order valence-corrected chi connectivity index (χ1v) is 10.3. The standard InChI is InChI=1S/C26H26N4O/c1-16-8-6-11-21(14-16)25-28-24(26(31)27-23-18(3)9-7-10-19(23)4)29-30(25)22-13-12-17(2)20(5)15-22/h6-15H,1-5H3,(H,27,31). The first-order valence-electron chi connectivity index (χ1n) is 10.3. The van der Waals surface area contributed by atoms with Crippen LogP contribution in [0.25, 0.3) is 17.1 Å². The molecule has 5 heteroatoms. The third-order valence-corrected chi connectivity index (χ3v) is 5.54. The zero-order valence-corrected chi connectivity index (χ0v) is 18.5. The van der Waals surface area contributed by atoms with Gasteiger partial charge in [0.15, 0.2) is 5.82 Å². The molecule has 0 aliphatic rings. The van der Waals surface area contributed by atoms with Gasteiger partial charge in [0.05, 0.1) is 5.69 Å². The van der Waals surface area contributed by atoms with Crippen LogP contribution in [0, 0.1) is 34.6 Å². The zero-order valence-electron chi connectivity index (χ0n) is 18.5. The summed E-state index contributed by atoms with van der Waals surface area (Å²) in [5.41, 5.74) is 8.07. The van der Waals surface area contributed by atoms with E-state index < -0.39 is 0 Å². The largest absolute Gasteiger partial charge is 0.319 e. The number of nitrogens with zero attached hydrogens (tertiary/aromatic N) is 3. The summed E-state index contributed by atoms with van der Waals surface area (Å²) in [5, 5.41) is 7.60. The Morgan fingerprint density at radius 1 is 0.806 bits per heavy atom. The van der Waals surface area contributed by atoms with Gasteiger partial charge in [0.2, 0.25) is 5.82 Å². The van der Waals surface area contributed by atoms with E-state index in [4.69, 9.17) is 0 Å². The van der Waals surface area contributed by atoms with E-state index >= 15 is 0 Å². The molecule has 0 saturated carbocycles. The van der Waals surface area contributed by atoms with Gasteiger partial charge in [0, 0.05) is 11.3 Å². The fraction of sp³-hybridized carbons (Fsp3) is 0.192. The lowest BCUT2D eigenvalue weighted by atomic mass is 10.1. The molecule has 0 fully saturated rings. The van der Waals surface area contributed by atoms with Crippen molar-refractivity contribution in [2.75, 3.05) is 5.32 Å². The molecule has 4 rings (SSSR count). The van der Waals surface area contributed by atoms with Crippen molar-refractivity contribution in [3.05, 3.63) is 94.3 Å². The SMILES string of the molecule is Cc1cccc(-c2nc(C(=O)Nc3c(C)cccc3C)nn2-c2ccc(C)c(C)c2)c1. The van der Waals surface area contributed by atoms with Crippen LogP contribution < -0.4 is 5.32 Å². The van der Waals surface area contributed by atoms with E-state index in [-0.39, 0.29) is 11.7 Å². The first kappa shape index (κ1) is 20.5. The number of benzene rings is 3. The highest BCUT2D eigenvalue weighted by Gasteiger charge is 2.20. The molecule has 0 saturated heterocycles. The highest BCUT2D eigenvalue weighted by molar-refractivity contribution is 6.02. The van der Waals surface area contributed by atoms with Crippen molar-refractivity contribution in [2.45, 2.75) is 34.6 Å². The second-order valence-electron chi connectivity index (χ2n) is 8.03. The molecule has 0 spiro atoms. The molecule has 3 aromatic carbocycles. The molecular weight excluding hydrogens is 384 g/mol. The summed E-state index contributed by atoms with van der Waals surface area (Å²) in [6.07, 6.45) is 0. The highest BCUT2D eigenvalue weighted by Crippen LogP contribution is 2.25. The molecule has 1 heterocycles. The number of aromatic nitrogens is 3. The van der Waals surface area contributed by atoms with Crippen LogP contribution in [0.15, 0.2) is 60.7 Å². The van der Waals surface area contributed by atoms with Crippen LogP contribution in [0.1, 0.15) is 38.4 Å². The molecule has 5 nitrogen and oxygen atoms in total. The Labute approximate surface area is 182 Å². The van der Waals surface area contributed by atoms with E-state index in [1.165, 1.54) is 5.56 Å². The van der Waals surface area contributed by atoms with Gasteiger partial charge in [-0.15, -0.1) is 5.10 Å². The quantitative estimate of drug-likeness (QED) is 0.467. The maximum Gasteiger partial charge on any atom is 0.295 e. The Kier molecular flexibility index (Phi) is 5.42. The van der Waals surface area contributed by atoms with E-state index in [0.29, 0.717) is 5.82 Å². The Balaban J connectivity index is 1.81. The van der Waals surface area contributed by atoms with E-state index in [9.17, 15) is 4.79 Å². The Hall–Kier alpha value is -3.73. The molecule has 156 valence electrons. The van der Waals surface area contributed by atoms with Gasteiger partial charge in [0.1, 0.15) is 0 Å². The normalized spacial score (nSPS) is 10.9. The van der Waals surface area contributed by atoms with Gasteiger partial charge in [-0.1, -0.05) is 48.0 Å². The summed E-state index contributed by atoms with van der Waals surface area (Å²) in [6, 6.07) is 20.1. The van der Waals surface area contributed by atoms with Crippen molar-refractivity contribution in [1.82, 2.24) is 14.8 Å².